The summed E-state index contributed by atoms with van der Waals surface area (Å²) < 4.78 is 0. The van der Waals surface area contributed by atoms with Crippen LogP contribution in [0.15, 0.2) is 48.8 Å². The third-order valence-electron chi connectivity index (χ3n) is 2.60. The van der Waals surface area contributed by atoms with Crippen LogP contribution in [-0.4, -0.2) is 22.6 Å². The summed E-state index contributed by atoms with van der Waals surface area (Å²) in [4.78, 5) is 16.7. The highest BCUT2D eigenvalue weighted by molar-refractivity contribution is 6.30. The first kappa shape index (κ1) is 13.4. The molecular weight excluding hydrogens is 264 g/mol. The maximum absolute atomic E-state index is 11.0. The van der Waals surface area contributed by atoms with E-state index in [1.165, 1.54) is 0 Å². The highest BCUT2D eigenvalue weighted by Crippen LogP contribution is 2.21. The van der Waals surface area contributed by atoms with Gasteiger partial charge in [-0.25, -0.2) is 0 Å². The zero-order valence-electron chi connectivity index (χ0n) is 10.2. The molecule has 1 N–H and O–H groups in total. The number of rotatable bonds is 5. The van der Waals surface area contributed by atoms with Crippen molar-refractivity contribution in [3.63, 3.8) is 0 Å². The number of benzene rings is 1. The fourth-order valence-electron chi connectivity index (χ4n) is 1.79. The molecule has 1 aromatic heterocycles. The number of halogens is 1. The van der Waals surface area contributed by atoms with Crippen molar-refractivity contribution in [2.24, 2.45) is 0 Å². The summed E-state index contributed by atoms with van der Waals surface area (Å²) >= 11 is 5.94. The fraction of sp³-hybridized carbons (Fsp3) is 0.143. The van der Waals surface area contributed by atoms with E-state index in [2.05, 4.69) is 4.98 Å². The zero-order valence-corrected chi connectivity index (χ0v) is 10.9. The van der Waals surface area contributed by atoms with Gasteiger partial charge in [-0.2, -0.15) is 0 Å². The number of aliphatic carboxylic acids is 1. The third kappa shape index (κ3) is 3.96. The number of pyridine rings is 1. The van der Waals surface area contributed by atoms with Gasteiger partial charge in [0.05, 0.1) is 0 Å². The van der Waals surface area contributed by atoms with Crippen molar-refractivity contribution in [3.8, 4) is 0 Å². The highest BCUT2D eigenvalue weighted by Gasteiger charge is 2.11. The summed E-state index contributed by atoms with van der Waals surface area (Å²) in [7, 11) is 0. The number of carbonyl (C=O) groups is 1. The van der Waals surface area contributed by atoms with Crippen molar-refractivity contribution >= 4 is 23.3 Å². The Balaban J connectivity index is 2.23. The van der Waals surface area contributed by atoms with Gasteiger partial charge >= 0.3 is 5.97 Å². The molecule has 0 atom stereocenters. The molecule has 2 rings (SSSR count). The first-order valence-electron chi connectivity index (χ1n) is 5.76. The van der Waals surface area contributed by atoms with E-state index in [9.17, 15) is 4.79 Å². The molecule has 0 fully saturated rings. The summed E-state index contributed by atoms with van der Waals surface area (Å²) in [6, 6.07) is 10.9. The highest BCUT2D eigenvalue weighted by atomic mass is 35.5. The molecule has 0 spiro atoms. The topological polar surface area (TPSA) is 53.4 Å². The summed E-state index contributed by atoms with van der Waals surface area (Å²) in [5.41, 5.74) is 1.72. The molecule has 5 heteroatoms. The zero-order chi connectivity index (χ0) is 13.7. The number of nitrogens with zero attached hydrogens (tertiary/aromatic N) is 2. The number of hydrogen-bond acceptors (Lipinski definition) is 3. The molecule has 1 heterocycles. The minimum Gasteiger partial charge on any atom is -0.480 e. The molecule has 0 unspecified atom stereocenters. The maximum Gasteiger partial charge on any atom is 0.323 e. The predicted molar refractivity (Wildman–Crippen MR) is 74.4 cm³/mol. The Morgan fingerprint density at radius 3 is 2.79 bits per heavy atom. The summed E-state index contributed by atoms with van der Waals surface area (Å²) in [6.45, 7) is 0.385. The molecule has 0 radical (unpaired) electrons. The maximum atomic E-state index is 11.0. The lowest BCUT2D eigenvalue weighted by Gasteiger charge is -2.23. The van der Waals surface area contributed by atoms with Crippen LogP contribution in [0, 0.1) is 0 Å². The van der Waals surface area contributed by atoms with Crippen molar-refractivity contribution in [3.05, 3.63) is 59.4 Å². The molecule has 0 saturated carbocycles. The van der Waals surface area contributed by atoms with Gasteiger partial charge in [-0.3, -0.25) is 9.78 Å². The quantitative estimate of drug-likeness (QED) is 0.912. The van der Waals surface area contributed by atoms with E-state index in [-0.39, 0.29) is 6.54 Å². The van der Waals surface area contributed by atoms with E-state index >= 15 is 0 Å². The Hall–Kier alpha value is -2.07. The molecule has 98 valence electrons. The van der Waals surface area contributed by atoms with Crippen LogP contribution in [-0.2, 0) is 11.3 Å². The monoisotopic (exact) mass is 276 g/mol. The van der Waals surface area contributed by atoms with Crippen LogP contribution in [0.3, 0.4) is 0 Å². The van der Waals surface area contributed by atoms with Crippen molar-refractivity contribution in [1.82, 2.24) is 4.98 Å². The van der Waals surface area contributed by atoms with Crippen molar-refractivity contribution in [2.45, 2.75) is 6.54 Å². The number of carboxylic acids is 1. The molecule has 0 saturated heterocycles. The molecule has 0 aliphatic rings. The number of hydrogen-bond donors (Lipinski definition) is 1. The second kappa shape index (κ2) is 6.20. The van der Waals surface area contributed by atoms with Crippen molar-refractivity contribution in [2.75, 3.05) is 11.4 Å². The van der Waals surface area contributed by atoms with Crippen LogP contribution in [0.4, 0.5) is 5.69 Å². The first-order chi connectivity index (χ1) is 9.15. The predicted octanol–water partition coefficient (Wildman–Crippen LogP) is 2.83. The molecule has 0 amide bonds. The third-order valence-corrected chi connectivity index (χ3v) is 2.83. The van der Waals surface area contributed by atoms with Crippen LogP contribution < -0.4 is 4.90 Å². The minimum absolute atomic E-state index is 0.0881. The van der Waals surface area contributed by atoms with E-state index in [4.69, 9.17) is 16.7 Å². The van der Waals surface area contributed by atoms with Crippen LogP contribution in [0.2, 0.25) is 5.02 Å². The second-order valence-corrected chi connectivity index (χ2v) is 4.53. The lowest BCUT2D eigenvalue weighted by molar-refractivity contribution is -0.135. The molecular formula is C14H13ClN2O2. The molecule has 0 aliphatic heterocycles. The van der Waals surface area contributed by atoms with E-state index in [1.807, 2.05) is 18.2 Å². The van der Waals surface area contributed by atoms with Gasteiger partial charge in [0.1, 0.15) is 6.54 Å². The summed E-state index contributed by atoms with van der Waals surface area (Å²) in [6.07, 6.45) is 3.41. The lowest BCUT2D eigenvalue weighted by Crippen LogP contribution is -2.29. The Labute approximate surface area is 116 Å². The molecule has 19 heavy (non-hydrogen) atoms. The molecule has 0 bridgehead atoms. The Morgan fingerprint density at radius 2 is 2.16 bits per heavy atom. The van der Waals surface area contributed by atoms with Gasteiger partial charge in [0.2, 0.25) is 0 Å². The summed E-state index contributed by atoms with van der Waals surface area (Å²) in [5.74, 6) is -0.885. The first-order valence-corrected chi connectivity index (χ1v) is 6.14. The van der Waals surface area contributed by atoms with Gasteiger partial charge in [-0.1, -0.05) is 23.7 Å². The number of carboxylic acid groups (broad SMARTS) is 1. The molecule has 0 aliphatic carbocycles. The van der Waals surface area contributed by atoms with E-state index in [0.29, 0.717) is 11.6 Å². The van der Waals surface area contributed by atoms with E-state index in [1.54, 1.807) is 35.5 Å². The van der Waals surface area contributed by atoms with Gasteiger partial charge in [0.15, 0.2) is 0 Å². The molecule has 2 aromatic rings. The average molecular weight is 277 g/mol. The van der Waals surface area contributed by atoms with Crippen molar-refractivity contribution in [1.29, 1.82) is 0 Å². The van der Waals surface area contributed by atoms with Gasteiger partial charge < -0.3 is 10.0 Å². The Kier molecular flexibility index (Phi) is 4.36. The Morgan fingerprint density at radius 1 is 1.32 bits per heavy atom. The molecule has 1 aromatic carbocycles. The fourth-order valence-corrected chi connectivity index (χ4v) is 1.97. The lowest BCUT2D eigenvalue weighted by atomic mass is 10.2. The largest absolute Gasteiger partial charge is 0.480 e. The second-order valence-electron chi connectivity index (χ2n) is 4.09. The van der Waals surface area contributed by atoms with E-state index in [0.717, 1.165) is 11.3 Å². The van der Waals surface area contributed by atoms with Crippen LogP contribution in [0.5, 0.6) is 0 Å². The smallest absolute Gasteiger partial charge is 0.323 e. The van der Waals surface area contributed by atoms with Gasteiger partial charge in [-0.05, 0) is 29.8 Å². The van der Waals surface area contributed by atoms with Crippen LogP contribution in [0.25, 0.3) is 0 Å². The number of anilines is 1. The standard InChI is InChI=1S/C14H13ClN2O2/c15-12-4-1-5-13(7-12)17(10-14(18)19)9-11-3-2-6-16-8-11/h1-8H,9-10H2,(H,18,19). The minimum atomic E-state index is -0.885. The Bertz CT molecular complexity index is 560. The van der Waals surface area contributed by atoms with E-state index < -0.39 is 5.97 Å². The van der Waals surface area contributed by atoms with Crippen LogP contribution in [0.1, 0.15) is 5.56 Å². The van der Waals surface area contributed by atoms with Crippen molar-refractivity contribution < 1.29 is 9.90 Å². The molecule has 4 nitrogen and oxygen atoms in total. The number of aromatic nitrogens is 1. The van der Waals surface area contributed by atoms with Gasteiger partial charge in [-0.15, -0.1) is 0 Å². The summed E-state index contributed by atoms with van der Waals surface area (Å²) in [5, 5.41) is 9.58. The SMILES string of the molecule is O=C(O)CN(Cc1cccnc1)c1cccc(Cl)c1. The van der Waals surface area contributed by atoms with Gasteiger partial charge in [0, 0.05) is 29.6 Å². The van der Waals surface area contributed by atoms with Crippen LogP contribution >= 0.6 is 11.6 Å². The van der Waals surface area contributed by atoms with Gasteiger partial charge in [0.25, 0.3) is 0 Å². The average Bonchev–Trinajstić information content (AvgIpc) is 2.39. The normalized spacial score (nSPS) is 10.2.